The SMILES string of the molecule is O=C(NCC(O)C(=O)O)Nc1nccnn1. The number of carboxylic acid groups (broad SMARTS) is 1. The van der Waals surface area contributed by atoms with Gasteiger partial charge < -0.3 is 15.5 Å². The molecule has 0 aliphatic carbocycles. The first-order valence-electron chi connectivity index (χ1n) is 4.19. The summed E-state index contributed by atoms with van der Waals surface area (Å²) in [5, 5.41) is 28.4. The fraction of sp³-hybridized carbons (Fsp3) is 0.286. The number of carboxylic acids is 1. The van der Waals surface area contributed by atoms with Crippen LogP contribution in [0.25, 0.3) is 0 Å². The molecule has 0 radical (unpaired) electrons. The number of aliphatic hydroxyl groups excluding tert-OH is 1. The number of hydrogen-bond acceptors (Lipinski definition) is 6. The number of urea groups is 1. The van der Waals surface area contributed by atoms with Gasteiger partial charge in [-0.15, -0.1) is 5.10 Å². The third-order valence-electron chi connectivity index (χ3n) is 1.45. The second-order valence-electron chi connectivity index (χ2n) is 2.66. The average Bonchev–Trinajstić information content (AvgIpc) is 2.27. The lowest BCUT2D eigenvalue weighted by Gasteiger charge is -2.07. The zero-order valence-electron chi connectivity index (χ0n) is 7.99. The standard InChI is InChI=1S/C7H9N5O4/c13-4(5(14)15)3-9-7(16)11-6-8-1-2-10-12-6/h1-2,4,13H,3H2,(H,14,15)(H2,8,9,11,12,16). The molecule has 0 fully saturated rings. The molecule has 0 spiro atoms. The zero-order valence-corrected chi connectivity index (χ0v) is 7.99. The molecular formula is C7H9N5O4. The number of aliphatic carboxylic acids is 1. The number of nitrogens with zero attached hydrogens (tertiary/aromatic N) is 3. The number of carbonyl (C=O) groups excluding carboxylic acids is 1. The van der Waals surface area contributed by atoms with Gasteiger partial charge in [0, 0.05) is 0 Å². The predicted molar refractivity (Wildman–Crippen MR) is 50.5 cm³/mol. The Morgan fingerprint density at radius 2 is 2.19 bits per heavy atom. The quantitative estimate of drug-likeness (QED) is 0.488. The highest BCUT2D eigenvalue weighted by atomic mass is 16.4. The van der Waals surface area contributed by atoms with E-state index in [1.54, 1.807) is 0 Å². The first-order valence-corrected chi connectivity index (χ1v) is 4.19. The molecule has 0 bridgehead atoms. The molecule has 1 atom stereocenters. The summed E-state index contributed by atoms with van der Waals surface area (Å²) in [4.78, 5) is 25.0. The molecule has 9 heteroatoms. The second-order valence-corrected chi connectivity index (χ2v) is 2.66. The molecular weight excluding hydrogens is 218 g/mol. The molecule has 86 valence electrons. The monoisotopic (exact) mass is 227 g/mol. The smallest absolute Gasteiger partial charge is 0.334 e. The van der Waals surface area contributed by atoms with Gasteiger partial charge in [-0.05, 0) is 0 Å². The van der Waals surface area contributed by atoms with Crippen molar-refractivity contribution in [3.8, 4) is 0 Å². The maximum absolute atomic E-state index is 11.1. The first kappa shape index (κ1) is 11.8. The summed E-state index contributed by atoms with van der Waals surface area (Å²) in [7, 11) is 0. The minimum atomic E-state index is -1.65. The number of anilines is 1. The van der Waals surface area contributed by atoms with E-state index in [0.29, 0.717) is 0 Å². The van der Waals surface area contributed by atoms with Gasteiger partial charge in [0.25, 0.3) is 5.95 Å². The predicted octanol–water partition coefficient (Wildman–Crippen LogP) is -1.56. The minimum absolute atomic E-state index is 0.0233. The van der Waals surface area contributed by atoms with Crippen LogP contribution in [0.3, 0.4) is 0 Å². The first-order chi connectivity index (χ1) is 7.59. The summed E-state index contributed by atoms with van der Waals surface area (Å²) in [5.74, 6) is -1.44. The van der Waals surface area contributed by atoms with Crippen molar-refractivity contribution in [3.05, 3.63) is 12.4 Å². The molecule has 0 aromatic carbocycles. The summed E-state index contributed by atoms with van der Waals surface area (Å²) < 4.78 is 0. The van der Waals surface area contributed by atoms with E-state index in [4.69, 9.17) is 10.2 Å². The third kappa shape index (κ3) is 3.84. The molecule has 1 aromatic rings. The van der Waals surface area contributed by atoms with Crippen molar-refractivity contribution in [2.45, 2.75) is 6.10 Å². The Kier molecular flexibility index (Phi) is 4.09. The van der Waals surface area contributed by atoms with Gasteiger partial charge in [0.15, 0.2) is 6.10 Å². The third-order valence-corrected chi connectivity index (χ3v) is 1.45. The number of aromatic nitrogens is 3. The van der Waals surface area contributed by atoms with Gasteiger partial charge in [-0.25, -0.2) is 14.6 Å². The number of carbonyl (C=O) groups is 2. The summed E-state index contributed by atoms with van der Waals surface area (Å²) in [6, 6.07) is -0.728. The van der Waals surface area contributed by atoms with E-state index in [0.717, 1.165) is 0 Å². The Balaban J connectivity index is 2.35. The van der Waals surface area contributed by atoms with Gasteiger partial charge in [-0.1, -0.05) is 0 Å². The van der Waals surface area contributed by atoms with Crippen LogP contribution in [0.4, 0.5) is 10.7 Å². The van der Waals surface area contributed by atoms with Crippen LogP contribution < -0.4 is 10.6 Å². The van der Waals surface area contributed by atoms with Gasteiger partial charge in [0.05, 0.1) is 18.9 Å². The second kappa shape index (κ2) is 5.56. The maximum atomic E-state index is 11.1. The molecule has 4 N–H and O–H groups in total. The van der Waals surface area contributed by atoms with Crippen molar-refractivity contribution in [1.82, 2.24) is 20.5 Å². The van der Waals surface area contributed by atoms with Crippen LogP contribution in [-0.2, 0) is 4.79 Å². The summed E-state index contributed by atoms with van der Waals surface area (Å²) in [6.07, 6.45) is 1.01. The van der Waals surface area contributed by atoms with E-state index in [1.165, 1.54) is 12.4 Å². The van der Waals surface area contributed by atoms with Crippen molar-refractivity contribution in [1.29, 1.82) is 0 Å². The van der Waals surface area contributed by atoms with Crippen LogP contribution in [0.2, 0.25) is 0 Å². The molecule has 1 aromatic heterocycles. The Morgan fingerprint density at radius 1 is 1.44 bits per heavy atom. The summed E-state index contributed by atoms with van der Waals surface area (Å²) >= 11 is 0. The Labute approximate surface area is 89.5 Å². The van der Waals surface area contributed by atoms with Crippen LogP contribution in [0, 0.1) is 0 Å². The molecule has 0 aliphatic heterocycles. The largest absolute Gasteiger partial charge is 0.479 e. The van der Waals surface area contributed by atoms with Crippen LogP contribution in [0.1, 0.15) is 0 Å². The number of hydrogen-bond donors (Lipinski definition) is 4. The van der Waals surface area contributed by atoms with Crippen LogP contribution >= 0.6 is 0 Å². The topological polar surface area (TPSA) is 137 Å². The van der Waals surface area contributed by atoms with E-state index < -0.39 is 24.6 Å². The highest BCUT2D eigenvalue weighted by molar-refractivity contribution is 5.87. The molecule has 0 saturated heterocycles. The zero-order chi connectivity index (χ0) is 12.0. The Hall–Kier alpha value is -2.29. The van der Waals surface area contributed by atoms with Gasteiger partial charge in [0.1, 0.15) is 0 Å². The van der Waals surface area contributed by atoms with E-state index >= 15 is 0 Å². The molecule has 16 heavy (non-hydrogen) atoms. The molecule has 1 unspecified atom stereocenters. The van der Waals surface area contributed by atoms with Gasteiger partial charge in [0.2, 0.25) is 0 Å². The fourth-order valence-electron chi connectivity index (χ4n) is 0.727. The lowest BCUT2D eigenvalue weighted by atomic mass is 10.4. The Bertz CT molecular complexity index is 370. The van der Waals surface area contributed by atoms with Crippen molar-refractivity contribution in [3.63, 3.8) is 0 Å². The maximum Gasteiger partial charge on any atom is 0.334 e. The normalized spacial score (nSPS) is 11.6. The van der Waals surface area contributed by atoms with Crippen molar-refractivity contribution in [2.75, 3.05) is 11.9 Å². The average molecular weight is 227 g/mol. The highest BCUT2D eigenvalue weighted by Gasteiger charge is 2.14. The molecule has 1 rings (SSSR count). The van der Waals surface area contributed by atoms with Crippen LogP contribution in [0.5, 0.6) is 0 Å². The lowest BCUT2D eigenvalue weighted by molar-refractivity contribution is -0.146. The molecule has 2 amide bonds. The van der Waals surface area contributed by atoms with E-state index in [-0.39, 0.29) is 5.95 Å². The van der Waals surface area contributed by atoms with Crippen molar-refractivity contribution < 1.29 is 19.8 Å². The van der Waals surface area contributed by atoms with Crippen LogP contribution in [-0.4, -0.2) is 50.0 Å². The number of nitrogens with one attached hydrogen (secondary N) is 2. The van der Waals surface area contributed by atoms with E-state index in [1.807, 2.05) is 0 Å². The minimum Gasteiger partial charge on any atom is -0.479 e. The van der Waals surface area contributed by atoms with E-state index in [9.17, 15) is 9.59 Å². The van der Waals surface area contributed by atoms with E-state index in [2.05, 4.69) is 25.8 Å². The van der Waals surface area contributed by atoms with Gasteiger partial charge in [-0.3, -0.25) is 5.32 Å². The Morgan fingerprint density at radius 3 is 2.75 bits per heavy atom. The van der Waals surface area contributed by atoms with Crippen LogP contribution in [0.15, 0.2) is 12.4 Å². The fourth-order valence-corrected chi connectivity index (χ4v) is 0.727. The highest BCUT2D eigenvalue weighted by Crippen LogP contribution is 1.90. The molecule has 9 nitrogen and oxygen atoms in total. The van der Waals surface area contributed by atoms with Gasteiger partial charge >= 0.3 is 12.0 Å². The lowest BCUT2D eigenvalue weighted by Crippen LogP contribution is -2.39. The summed E-state index contributed by atoms with van der Waals surface area (Å²) in [5.41, 5.74) is 0. The molecule has 0 saturated carbocycles. The van der Waals surface area contributed by atoms with Gasteiger partial charge in [-0.2, -0.15) is 5.10 Å². The number of aliphatic hydroxyl groups is 1. The summed E-state index contributed by atoms with van der Waals surface area (Å²) in [6.45, 7) is -0.415. The van der Waals surface area contributed by atoms with Crippen molar-refractivity contribution >= 4 is 17.9 Å². The number of rotatable bonds is 4. The van der Waals surface area contributed by atoms with Crippen molar-refractivity contribution in [2.24, 2.45) is 0 Å². The number of amides is 2. The molecule has 0 aliphatic rings. The molecule has 1 heterocycles.